The van der Waals surface area contributed by atoms with Gasteiger partial charge in [0.15, 0.2) is 0 Å². The second-order valence-corrected chi connectivity index (χ2v) is 7.46. The van der Waals surface area contributed by atoms with Crippen molar-refractivity contribution in [2.75, 3.05) is 12.4 Å². The summed E-state index contributed by atoms with van der Waals surface area (Å²) in [6, 6.07) is 14.3. The first-order valence-electron chi connectivity index (χ1n) is 10.1. The summed E-state index contributed by atoms with van der Waals surface area (Å²) in [6.07, 6.45) is -3.17. The number of nitrogens with one attached hydrogen (secondary N) is 1. The minimum absolute atomic E-state index is 0.0790. The number of carbonyl (C=O) groups excluding carboxylic acids is 1. The predicted molar refractivity (Wildman–Crippen MR) is 118 cm³/mol. The lowest BCUT2D eigenvalue weighted by Crippen LogP contribution is -2.26. The van der Waals surface area contributed by atoms with Crippen molar-refractivity contribution in [1.82, 2.24) is 9.88 Å². The number of nitro benzene ring substituents is 1. The van der Waals surface area contributed by atoms with Crippen LogP contribution in [-0.2, 0) is 6.54 Å². The maximum absolute atomic E-state index is 12.8. The van der Waals surface area contributed by atoms with Crippen LogP contribution in [0.25, 0.3) is 0 Å². The van der Waals surface area contributed by atoms with Gasteiger partial charge in [0.1, 0.15) is 11.4 Å². The molecule has 2 aromatic carbocycles. The molecule has 1 unspecified atom stereocenters. The number of anilines is 1. The fourth-order valence-electron chi connectivity index (χ4n) is 3.24. The zero-order valence-electron chi connectivity index (χ0n) is 18.2. The SMILES string of the molecule is CC(Nc1ccc(C(=O)N(C)Cc2ccc(OC(F)(F)F)cc2)cc1[N+](=O)[O-])c1ccccn1. The minimum atomic E-state index is -4.79. The molecule has 0 spiro atoms. The standard InChI is InChI=1S/C23H21F3N4O4/c1-15(19-5-3-4-12-27-19)28-20-11-8-17(13-21(20)30(32)33)22(31)29(2)14-16-6-9-18(10-7-16)34-23(24,25)26/h3-13,15,28H,14H2,1-2H3. The maximum Gasteiger partial charge on any atom is 0.573 e. The van der Waals surface area contributed by atoms with E-state index in [1.54, 1.807) is 18.3 Å². The molecule has 0 bridgehead atoms. The van der Waals surface area contributed by atoms with Gasteiger partial charge in [-0.05, 0) is 48.9 Å². The number of pyridine rings is 1. The van der Waals surface area contributed by atoms with Crippen LogP contribution in [0.5, 0.6) is 5.75 Å². The highest BCUT2D eigenvalue weighted by Crippen LogP contribution is 2.29. The van der Waals surface area contributed by atoms with E-state index in [1.165, 1.54) is 42.3 Å². The van der Waals surface area contributed by atoms with Crippen LogP contribution in [0.15, 0.2) is 66.9 Å². The quantitative estimate of drug-likeness (QED) is 0.350. The van der Waals surface area contributed by atoms with Crippen molar-refractivity contribution in [2.24, 2.45) is 0 Å². The smallest absolute Gasteiger partial charge is 0.406 e. The van der Waals surface area contributed by atoms with Crippen molar-refractivity contribution in [3.05, 3.63) is 93.8 Å². The molecule has 1 heterocycles. The van der Waals surface area contributed by atoms with Crippen molar-refractivity contribution < 1.29 is 27.6 Å². The molecule has 1 N–H and O–H groups in total. The van der Waals surface area contributed by atoms with Gasteiger partial charge in [0.2, 0.25) is 0 Å². The van der Waals surface area contributed by atoms with E-state index in [0.717, 1.165) is 12.1 Å². The number of aromatic nitrogens is 1. The third kappa shape index (κ3) is 6.44. The number of halogens is 3. The van der Waals surface area contributed by atoms with Gasteiger partial charge in [-0.2, -0.15) is 0 Å². The lowest BCUT2D eigenvalue weighted by molar-refractivity contribution is -0.384. The molecule has 0 aliphatic carbocycles. The number of ether oxygens (including phenoxy) is 1. The Hall–Kier alpha value is -4.15. The number of nitrogens with zero attached hydrogens (tertiary/aromatic N) is 3. The summed E-state index contributed by atoms with van der Waals surface area (Å²) < 4.78 is 40.7. The van der Waals surface area contributed by atoms with E-state index in [-0.39, 0.29) is 35.3 Å². The molecule has 34 heavy (non-hydrogen) atoms. The average Bonchev–Trinajstić information content (AvgIpc) is 2.79. The molecule has 0 aliphatic heterocycles. The first-order chi connectivity index (χ1) is 16.0. The summed E-state index contributed by atoms with van der Waals surface area (Å²) in [5.41, 5.74) is 1.33. The van der Waals surface area contributed by atoms with Crippen molar-refractivity contribution in [2.45, 2.75) is 25.9 Å². The summed E-state index contributed by atoms with van der Waals surface area (Å²) in [5, 5.41) is 14.7. The van der Waals surface area contributed by atoms with E-state index in [1.807, 2.05) is 13.0 Å². The molecule has 0 saturated carbocycles. The first-order valence-corrected chi connectivity index (χ1v) is 10.1. The van der Waals surface area contributed by atoms with E-state index in [0.29, 0.717) is 11.3 Å². The molecule has 11 heteroatoms. The highest BCUT2D eigenvalue weighted by Gasteiger charge is 2.31. The van der Waals surface area contributed by atoms with Gasteiger partial charge in [-0.15, -0.1) is 13.2 Å². The van der Waals surface area contributed by atoms with Gasteiger partial charge in [-0.3, -0.25) is 19.9 Å². The predicted octanol–water partition coefficient (Wildman–Crippen LogP) is 5.33. The highest BCUT2D eigenvalue weighted by molar-refractivity contribution is 5.95. The fraction of sp³-hybridized carbons (Fsp3) is 0.217. The van der Waals surface area contributed by atoms with Crippen molar-refractivity contribution in [3.63, 3.8) is 0 Å². The molecular weight excluding hydrogens is 453 g/mol. The Kier molecular flexibility index (Phi) is 7.34. The molecule has 0 aliphatic rings. The summed E-state index contributed by atoms with van der Waals surface area (Å²) in [4.78, 5) is 29.4. The zero-order valence-corrected chi connectivity index (χ0v) is 18.2. The van der Waals surface area contributed by atoms with Gasteiger partial charge < -0.3 is 15.0 Å². The zero-order chi connectivity index (χ0) is 24.9. The van der Waals surface area contributed by atoms with Crippen LogP contribution in [0.2, 0.25) is 0 Å². The maximum atomic E-state index is 12.8. The Bertz CT molecular complexity index is 1160. The Labute approximate surface area is 193 Å². The van der Waals surface area contributed by atoms with Crippen LogP contribution in [0, 0.1) is 10.1 Å². The second kappa shape index (κ2) is 10.2. The Balaban J connectivity index is 1.72. The molecule has 1 aromatic heterocycles. The third-order valence-electron chi connectivity index (χ3n) is 4.87. The van der Waals surface area contributed by atoms with Gasteiger partial charge in [-0.1, -0.05) is 18.2 Å². The van der Waals surface area contributed by atoms with Crippen LogP contribution in [0.4, 0.5) is 24.5 Å². The number of nitro groups is 1. The largest absolute Gasteiger partial charge is 0.573 e. The summed E-state index contributed by atoms with van der Waals surface area (Å²) >= 11 is 0. The molecule has 178 valence electrons. The highest BCUT2D eigenvalue weighted by atomic mass is 19.4. The minimum Gasteiger partial charge on any atom is -0.406 e. The van der Waals surface area contributed by atoms with Crippen LogP contribution >= 0.6 is 0 Å². The number of amides is 1. The molecule has 0 saturated heterocycles. The molecule has 1 atom stereocenters. The summed E-state index contributed by atoms with van der Waals surface area (Å²) in [6.45, 7) is 1.89. The van der Waals surface area contributed by atoms with Crippen LogP contribution < -0.4 is 10.1 Å². The summed E-state index contributed by atoms with van der Waals surface area (Å²) in [7, 11) is 1.49. The number of hydrogen-bond donors (Lipinski definition) is 1. The third-order valence-corrected chi connectivity index (χ3v) is 4.87. The van der Waals surface area contributed by atoms with E-state index in [2.05, 4.69) is 15.0 Å². The lowest BCUT2D eigenvalue weighted by atomic mass is 10.1. The monoisotopic (exact) mass is 474 g/mol. The van der Waals surface area contributed by atoms with Crippen molar-refractivity contribution in [1.29, 1.82) is 0 Å². The summed E-state index contributed by atoms with van der Waals surface area (Å²) in [5.74, 6) is -0.855. The topological polar surface area (TPSA) is 97.6 Å². The molecule has 3 aromatic rings. The number of hydrogen-bond acceptors (Lipinski definition) is 6. The molecule has 0 fully saturated rings. The van der Waals surface area contributed by atoms with Gasteiger partial charge in [0, 0.05) is 31.4 Å². The van der Waals surface area contributed by atoms with E-state index in [4.69, 9.17) is 0 Å². The Morgan fingerprint density at radius 2 is 1.88 bits per heavy atom. The normalized spacial score (nSPS) is 12.0. The van der Waals surface area contributed by atoms with Crippen molar-refractivity contribution in [3.8, 4) is 5.75 Å². The van der Waals surface area contributed by atoms with Crippen molar-refractivity contribution >= 4 is 17.3 Å². The van der Waals surface area contributed by atoms with E-state index >= 15 is 0 Å². The van der Waals surface area contributed by atoms with Crippen LogP contribution in [0.1, 0.15) is 34.6 Å². The Morgan fingerprint density at radius 3 is 2.47 bits per heavy atom. The van der Waals surface area contributed by atoms with E-state index in [9.17, 15) is 28.1 Å². The van der Waals surface area contributed by atoms with Gasteiger partial charge in [-0.25, -0.2) is 0 Å². The molecule has 1 amide bonds. The van der Waals surface area contributed by atoms with Gasteiger partial charge in [0.25, 0.3) is 11.6 Å². The number of benzene rings is 2. The first kappa shape index (κ1) is 24.5. The van der Waals surface area contributed by atoms with Gasteiger partial charge >= 0.3 is 6.36 Å². The number of carbonyl (C=O) groups is 1. The van der Waals surface area contributed by atoms with Crippen LogP contribution in [0.3, 0.4) is 0 Å². The second-order valence-electron chi connectivity index (χ2n) is 7.46. The molecule has 0 radical (unpaired) electrons. The van der Waals surface area contributed by atoms with Gasteiger partial charge in [0.05, 0.1) is 16.7 Å². The number of alkyl halides is 3. The number of rotatable bonds is 8. The Morgan fingerprint density at radius 1 is 1.18 bits per heavy atom. The molecule has 8 nitrogen and oxygen atoms in total. The lowest BCUT2D eigenvalue weighted by Gasteiger charge is -2.19. The molecule has 3 rings (SSSR count). The fourth-order valence-corrected chi connectivity index (χ4v) is 3.24. The van der Waals surface area contributed by atoms with Crippen LogP contribution in [-0.4, -0.2) is 34.1 Å². The molecular formula is C23H21F3N4O4. The van der Waals surface area contributed by atoms with E-state index < -0.39 is 17.2 Å². The average molecular weight is 474 g/mol.